The van der Waals surface area contributed by atoms with E-state index in [2.05, 4.69) is 4.74 Å². The second-order valence-electron chi connectivity index (χ2n) is 4.57. The van der Waals surface area contributed by atoms with Gasteiger partial charge >= 0.3 is 5.97 Å². The van der Waals surface area contributed by atoms with Crippen molar-refractivity contribution in [3.05, 3.63) is 0 Å². The molecule has 0 aliphatic heterocycles. The maximum absolute atomic E-state index is 11.2. The third-order valence-corrected chi connectivity index (χ3v) is 4.32. The average molecular weight is 217 g/mol. The minimum Gasteiger partial charge on any atom is -0.468 e. The van der Waals surface area contributed by atoms with E-state index in [1.807, 2.05) is 0 Å². The van der Waals surface area contributed by atoms with E-state index in [0.717, 1.165) is 18.3 Å². The molecule has 0 aromatic heterocycles. The topological polar surface area (TPSA) is 26.3 Å². The van der Waals surface area contributed by atoms with Gasteiger partial charge in [0.2, 0.25) is 0 Å². The molecule has 2 aliphatic carbocycles. The quantitative estimate of drug-likeness (QED) is 0.536. The van der Waals surface area contributed by atoms with Gasteiger partial charge in [0.05, 0.1) is 7.11 Å². The lowest BCUT2D eigenvalue weighted by Crippen LogP contribution is -2.21. The Kier molecular flexibility index (Phi) is 3.01. The third kappa shape index (κ3) is 1.77. The van der Waals surface area contributed by atoms with Gasteiger partial charge in [0.25, 0.3) is 0 Å². The van der Waals surface area contributed by atoms with Crippen LogP contribution in [0.1, 0.15) is 32.1 Å². The molecule has 3 heteroatoms. The highest BCUT2D eigenvalue weighted by Gasteiger charge is 2.42. The number of fused-ring (bicyclic) bond motifs is 2. The zero-order valence-electron chi connectivity index (χ0n) is 8.54. The molecule has 0 amide bonds. The molecule has 2 fully saturated rings. The van der Waals surface area contributed by atoms with E-state index in [9.17, 15) is 4.79 Å². The fourth-order valence-corrected chi connectivity index (χ4v) is 3.53. The molecular weight excluding hydrogens is 200 g/mol. The minimum absolute atomic E-state index is 0.266. The molecule has 0 aromatic carbocycles. The van der Waals surface area contributed by atoms with Crippen LogP contribution in [0, 0.1) is 17.8 Å². The van der Waals surface area contributed by atoms with E-state index in [1.54, 1.807) is 0 Å². The molecular formula is C11H17ClO2. The average Bonchev–Trinajstić information content (AvgIpc) is 2.76. The molecule has 0 N–H and O–H groups in total. The maximum atomic E-state index is 11.2. The van der Waals surface area contributed by atoms with E-state index in [-0.39, 0.29) is 5.97 Å². The Balaban J connectivity index is 1.88. The van der Waals surface area contributed by atoms with E-state index < -0.39 is 5.38 Å². The number of rotatable bonds is 3. The standard InChI is InChI=1S/C11H17ClO2/c1-14-11(13)10(12)6-9-7-2-3-8(9)5-4-7/h7-10H,2-6H2,1H3. The molecule has 2 nitrogen and oxygen atoms in total. The van der Waals surface area contributed by atoms with Crippen LogP contribution in [0.25, 0.3) is 0 Å². The first-order valence-corrected chi connectivity index (χ1v) is 5.88. The molecule has 0 saturated heterocycles. The number of carbonyl (C=O) groups is 1. The summed E-state index contributed by atoms with van der Waals surface area (Å²) >= 11 is 6.00. The number of carbonyl (C=O) groups excluding carboxylic acids is 1. The van der Waals surface area contributed by atoms with Crippen molar-refractivity contribution < 1.29 is 9.53 Å². The molecule has 0 heterocycles. The molecule has 2 bridgehead atoms. The molecule has 1 unspecified atom stereocenters. The van der Waals surface area contributed by atoms with Crippen LogP contribution in [0.3, 0.4) is 0 Å². The first-order valence-electron chi connectivity index (χ1n) is 5.44. The first kappa shape index (κ1) is 10.3. The molecule has 2 rings (SSSR count). The van der Waals surface area contributed by atoms with Gasteiger partial charge in [0.1, 0.15) is 5.38 Å². The Morgan fingerprint density at radius 2 is 1.86 bits per heavy atom. The van der Waals surface area contributed by atoms with Crippen LogP contribution < -0.4 is 0 Å². The lowest BCUT2D eigenvalue weighted by atomic mass is 9.92. The third-order valence-electron chi connectivity index (χ3n) is 3.96. The SMILES string of the molecule is COC(=O)C(Cl)CC1C2CCC1CC2. The molecule has 1 atom stereocenters. The van der Waals surface area contributed by atoms with E-state index in [1.165, 1.54) is 32.8 Å². The normalized spacial score (nSPS) is 37.1. The zero-order valence-corrected chi connectivity index (χ0v) is 9.30. The summed E-state index contributed by atoms with van der Waals surface area (Å²) in [5, 5.41) is -0.425. The van der Waals surface area contributed by atoms with Crippen LogP contribution in [0.4, 0.5) is 0 Å². The van der Waals surface area contributed by atoms with Crippen LogP contribution >= 0.6 is 11.6 Å². The van der Waals surface area contributed by atoms with Crippen LogP contribution in [0.15, 0.2) is 0 Å². The highest BCUT2D eigenvalue weighted by atomic mass is 35.5. The van der Waals surface area contributed by atoms with Gasteiger partial charge in [-0.2, -0.15) is 0 Å². The van der Waals surface area contributed by atoms with Crippen molar-refractivity contribution in [2.45, 2.75) is 37.5 Å². The summed E-state index contributed by atoms with van der Waals surface area (Å²) in [5.74, 6) is 2.10. The number of hydrogen-bond donors (Lipinski definition) is 0. The summed E-state index contributed by atoms with van der Waals surface area (Å²) in [4.78, 5) is 11.2. The Morgan fingerprint density at radius 1 is 1.36 bits per heavy atom. The lowest BCUT2D eigenvalue weighted by Gasteiger charge is -2.17. The van der Waals surface area contributed by atoms with Crippen molar-refractivity contribution in [2.24, 2.45) is 17.8 Å². The highest BCUT2D eigenvalue weighted by molar-refractivity contribution is 6.29. The number of esters is 1. The van der Waals surface area contributed by atoms with Crippen LogP contribution in [0.5, 0.6) is 0 Å². The fraction of sp³-hybridized carbons (Fsp3) is 0.909. The van der Waals surface area contributed by atoms with Crippen molar-refractivity contribution in [3.63, 3.8) is 0 Å². The van der Waals surface area contributed by atoms with Gasteiger partial charge < -0.3 is 4.74 Å². The molecule has 80 valence electrons. The number of ether oxygens (including phenoxy) is 1. The largest absolute Gasteiger partial charge is 0.468 e. The first-order chi connectivity index (χ1) is 6.72. The molecule has 0 spiro atoms. The van der Waals surface area contributed by atoms with Gasteiger partial charge in [-0.05, 0) is 49.9 Å². The summed E-state index contributed by atoms with van der Waals surface area (Å²) < 4.78 is 4.64. The summed E-state index contributed by atoms with van der Waals surface area (Å²) in [7, 11) is 1.40. The summed E-state index contributed by atoms with van der Waals surface area (Å²) in [6.45, 7) is 0. The van der Waals surface area contributed by atoms with E-state index >= 15 is 0 Å². The summed E-state index contributed by atoms with van der Waals surface area (Å²) in [6.07, 6.45) is 6.21. The minimum atomic E-state index is -0.425. The molecule has 2 aliphatic rings. The second-order valence-corrected chi connectivity index (χ2v) is 5.09. The second kappa shape index (κ2) is 4.09. The molecule has 2 saturated carbocycles. The zero-order chi connectivity index (χ0) is 10.1. The van der Waals surface area contributed by atoms with Gasteiger partial charge in [-0.15, -0.1) is 11.6 Å². The smallest absolute Gasteiger partial charge is 0.323 e. The predicted octanol–water partition coefficient (Wildman–Crippen LogP) is 2.59. The van der Waals surface area contributed by atoms with Gasteiger partial charge in [-0.25, -0.2) is 0 Å². The summed E-state index contributed by atoms with van der Waals surface area (Å²) in [5.41, 5.74) is 0. The number of alkyl halides is 1. The Hall–Kier alpha value is -0.240. The van der Waals surface area contributed by atoms with Gasteiger partial charge in [0.15, 0.2) is 0 Å². The molecule has 0 aromatic rings. The van der Waals surface area contributed by atoms with Crippen molar-refractivity contribution in [1.82, 2.24) is 0 Å². The van der Waals surface area contributed by atoms with Gasteiger partial charge in [0, 0.05) is 0 Å². The maximum Gasteiger partial charge on any atom is 0.323 e. The fourth-order valence-electron chi connectivity index (χ4n) is 3.23. The van der Waals surface area contributed by atoms with Crippen LogP contribution in [-0.2, 0) is 9.53 Å². The van der Waals surface area contributed by atoms with Crippen molar-refractivity contribution >= 4 is 17.6 Å². The molecule has 0 radical (unpaired) electrons. The Labute approximate surface area is 90.0 Å². The lowest BCUT2D eigenvalue weighted by molar-refractivity contribution is -0.140. The van der Waals surface area contributed by atoms with Crippen molar-refractivity contribution in [1.29, 1.82) is 0 Å². The monoisotopic (exact) mass is 216 g/mol. The van der Waals surface area contributed by atoms with Crippen LogP contribution in [-0.4, -0.2) is 18.5 Å². The predicted molar refractivity (Wildman–Crippen MR) is 55.2 cm³/mol. The summed E-state index contributed by atoms with van der Waals surface area (Å²) in [6, 6.07) is 0. The molecule has 14 heavy (non-hydrogen) atoms. The van der Waals surface area contributed by atoms with E-state index in [4.69, 9.17) is 11.6 Å². The van der Waals surface area contributed by atoms with E-state index in [0.29, 0.717) is 5.92 Å². The van der Waals surface area contributed by atoms with Gasteiger partial charge in [-0.1, -0.05) is 0 Å². The van der Waals surface area contributed by atoms with Crippen LogP contribution in [0.2, 0.25) is 0 Å². The Bertz CT molecular complexity index is 209. The number of halogens is 1. The Morgan fingerprint density at radius 3 is 2.29 bits per heavy atom. The van der Waals surface area contributed by atoms with Gasteiger partial charge in [-0.3, -0.25) is 4.79 Å². The highest BCUT2D eigenvalue weighted by Crippen LogP contribution is 2.51. The number of hydrogen-bond acceptors (Lipinski definition) is 2. The van der Waals surface area contributed by atoms with Crippen molar-refractivity contribution in [2.75, 3.05) is 7.11 Å². The number of methoxy groups -OCH3 is 1. The van der Waals surface area contributed by atoms with Crippen molar-refractivity contribution in [3.8, 4) is 0 Å².